The number of nitrogens with zero attached hydrogens (tertiary/aromatic N) is 1. The Kier molecular flexibility index (Phi) is 8.47. The average Bonchev–Trinajstić information content (AvgIpc) is 2.67. The molecule has 1 N–H and O–H groups in total. The molecule has 0 radical (unpaired) electrons. The SMILES string of the molecule is Cc1cc(C)c(C)c(OCC(=O)N(Cc2ccc(Br)cc2)C(C)C(=O)NC(C)C)c1. The van der Waals surface area contributed by atoms with Crippen molar-refractivity contribution in [2.45, 2.75) is 60.2 Å². The molecule has 162 valence electrons. The summed E-state index contributed by atoms with van der Waals surface area (Å²) < 4.78 is 6.84. The Morgan fingerprint density at radius 1 is 1.07 bits per heavy atom. The van der Waals surface area contributed by atoms with Crippen LogP contribution in [0.4, 0.5) is 0 Å². The number of hydrogen-bond donors (Lipinski definition) is 1. The van der Waals surface area contributed by atoms with E-state index in [0.29, 0.717) is 12.3 Å². The summed E-state index contributed by atoms with van der Waals surface area (Å²) in [7, 11) is 0. The van der Waals surface area contributed by atoms with Crippen LogP contribution in [0, 0.1) is 20.8 Å². The van der Waals surface area contributed by atoms with Crippen molar-refractivity contribution in [3.05, 3.63) is 63.1 Å². The van der Waals surface area contributed by atoms with Gasteiger partial charge in [-0.25, -0.2) is 0 Å². The molecule has 5 nitrogen and oxygen atoms in total. The van der Waals surface area contributed by atoms with Crippen LogP contribution in [0.25, 0.3) is 0 Å². The molecule has 0 heterocycles. The van der Waals surface area contributed by atoms with Gasteiger partial charge in [-0.2, -0.15) is 0 Å². The number of hydrogen-bond acceptors (Lipinski definition) is 3. The van der Waals surface area contributed by atoms with Crippen LogP contribution in [0.5, 0.6) is 5.75 Å². The molecule has 30 heavy (non-hydrogen) atoms. The van der Waals surface area contributed by atoms with Gasteiger partial charge in [-0.15, -0.1) is 0 Å². The first-order valence-electron chi connectivity index (χ1n) is 10.1. The van der Waals surface area contributed by atoms with E-state index in [1.807, 2.05) is 65.0 Å². The Labute approximate surface area is 187 Å². The highest BCUT2D eigenvalue weighted by Crippen LogP contribution is 2.23. The van der Waals surface area contributed by atoms with Crippen molar-refractivity contribution < 1.29 is 14.3 Å². The molecule has 0 saturated carbocycles. The molecule has 2 aromatic rings. The Morgan fingerprint density at radius 3 is 2.30 bits per heavy atom. The fourth-order valence-corrected chi connectivity index (χ4v) is 3.41. The lowest BCUT2D eigenvalue weighted by atomic mass is 10.1. The molecule has 0 aromatic heterocycles. The maximum absolute atomic E-state index is 13.1. The monoisotopic (exact) mass is 474 g/mol. The van der Waals surface area contributed by atoms with Crippen LogP contribution in [-0.2, 0) is 16.1 Å². The summed E-state index contributed by atoms with van der Waals surface area (Å²) in [6.07, 6.45) is 0. The first-order valence-corrected chi connectivity index (χ1v) is 10.9. The first-order chi connectivity index (χ1) is 14.1. The number of aryl methyl sites for hydroxylation is 2. The molecule has 1 unspecified atom stereocenters. The smallest absolute Gasteiger partial charge is 0.261 e. The second-order valence-electron chi connectivity index (χ2n) is 7.98. The van der Waals surface area contributed by atoms with Gasteiger partial charge < -0.3 is 15.0 Å². The molecule has 0 aliphatic heterocycles. The number of ether oxygens (including phenoxy) is 1. The number of rotatable bonds is 8. The predicted molar refractivity (Wildman–Crippen MR) is 124 cm³/mol. The number of halogens is 1. The van der Waals surface area contributed by atoms with Gasteiger partial charge in [0.2, 0.25) is 5.91 Å². The lowest BCUT2D eigenvalue weighted by Gasteiger charge is -2.29. The molecular formula is C24H31BrN2O3. The molecule has 0 aliphatic rings. The fraction of sp³-hybridized carbons (Fsp3) is 0.417. The quantitative estimate of drug-likeness (QED) is 0.603. The summed E-state index contributed by atoms with van der Waals surface area (Å²) in [4.78, 5) is 27.3. The number of nitrogens with one attached hydrogen (secondary N) is 1. The maximum Gasteiger partial charge on any atom is 0.261 e. The molecule has 1 atom stereocenters. The van der Waals surface area contributed by atoms with Crippen LogP contribution in [-0.4, -0.2) is 35.4 Å². The third-order valence-corrected chi connectivity index (χ3v) is 5.51. The van der Waals surface area contributed by atoms with Crippen LogP contribution in [0.3, 0.4) is 0 Å². The molecular weight excluding hydrogens is 444 g/mol. The first kappa shape index (κ1) is 23.9. The molecule has 2 rings (SSSR count). The molecule has 6 heteroatoms. The molecule has 0 aliphatic carbocycles. The zero-order chi connectivity index (χ0) is 22.4. The predicted octanol–water partition coefficient (Wildman–Crippen LogP) is 4.70. The second-order valence-corrected chi connectivity index (χ2v) is 8.90. The number of amides is 2. The van der Waals surface area contributed by atoms with Gasteiger partial charge in [0.15, 0.2) is 6.61 Å². The maximum atomic E-state index is 13.1. The third kappa shape index (κ3) is 6.59. The van der Waals surface area contributed by atoms with E-state index in [1.165, 1.54) is 0 Å². The van der Waals surface area contributed by atoms with Gasteiger partial charge in [0.25, 0.3) is 5.91 Å². The normalized spacial score (nSPS) is 11.9. The summed E-state index contributed by atoms with van der Waals surface area (Å²) >= 11 is 3.42. The Hall–Kier alpha value is -2.34. The highest BCUT2D eigenvalue weighted by molar-refractivity contribution is 9.10. The highest BCUT2D eigenvalue weighted by atomic mass is 79.9. The fourth-order valence-electron chi connectivity index (χ4n) is 3.15. The van der Waals surface area contributed by atoms with Crippen LogP contribution >= 0.6 is 15.9 Å². The van der Waals surface area contributed by atoms with Crippen molar-refractivity contribution in [2.24, 2.45) is 0 Å². The minimum absolute atomic E-state index is 0.00116. The third-order valence-electron chi connectivity index (χ3n) is 4.98. The molecule has 0 spiro atoms. The Morgan fingerprint density at radius 2 is 1.70 bits per heavy atom. The van der Waals surface area contributed by atoms with Crippen molar-refractivity contribution in [2.75, 3.05) is 6.61 Å². The van der Waals surface area contributed by atoms with E-state index in [0.717, 1.165) is 26.7 Å². The van der Waals surface area contributed by atoms with E-state index in [4.69, 9.17) is 4.74 Å². The summed E-state index contributed by atoms with van der Waals surface area (Å²) in [5, 5.41) is 2.89. The highest BCUT2D eigenvalue weighted by Gasteiger charge is 2.27. The van der Waals surface area contributed by atoms with E-state index < -0.39 is 6.04 Å². The lowest BCUT2D eigenvalue weighted by Crippen LogP contribution is -2.50. The van der Waals surface area contributed by atoms with Gasteiger partial charge in [0, 0.05) is 17.1 Å². The van der Waals surface area contributed by atoms with E-state index in [-0.39, 0.29) is 24.5 Å². The number of benzene rings is 2. The molecule has 0 bridgehead atoms. The zero-order valence-corrected chi connectivity index (χ0v) is 20.2. The largest absolute Gasteiger partial charge is 0.483 e. The summed E-state index contributed by atoms with van der Waals surface area (Å²) in [6, 6.07) is 11.1. The molecule has 0 fully saturated rings. The topological polar surface area (TPSA) is 58.6 Å². The molecule has 2 amide bonds. The lowest BCUT2D eigenvalue weighted by molar-refractivity contribution is -0.142. The van der Waals surface area contributed by atoms with Crippen molar-refractivity contribution in [3.8, 4) is 5.75 Å². The summed E-state index contributed by atoms with van der Waals surface area (Å²) in [5.41, 5.74) is 4.16. The van der Waals surface area contributed by atoms with Crippen molar-refractivity contribution in [1.29, 1.82) is 0 Å². The van der Waals surface area contributed by atoms with Crippen LogP contribution in [0.15, 0.2) is 40.9 Å². The van der Waals surface area contributed by atoms with Crippen molar-refractivity contribution in [1.82, 2.24) is 10.2 Å². The molecule has 0 saturated heterocycles. The van der Waals surface area contributed by atoms with Crippen molar-refractivity contribution in [3.63, 3.8) is 0 Å². The van der Waals surface area contributed by atoms with Crippen molar-refractivity contribution >= 4 is 27.7 Å². The van der Waals surface area contributed by atoms with E-state index >= 15 is 0 Å². The second kappa shape index (κ2) is 10.6. The van der Waals surface area contributed by atoms with Crippen LogP contribution in [0.1, 0.15) is 43.0 Å². The minimum Gasteiger partial charge on any atom is -0.483 e. The van der Waals surface area contributed by atoms with Crippen LogP contribution < -0.4 is 10.1 Å². The molecule has 2 aromatic carbocycles. The van der Waals surface area contributed by atoms with Gasteiger partial charge in [0.1, 0.15) is 11.8 Å². The zero-order valence-electron chi connectivity index (χ0n) is 18.6. The van der Waals surface area contributed by atoms with Gasteiger partial charge in [-0.1, -0.05) is 34.1 Å². The van der Waals surface area contributed by atoms with Gasteiger partial charge in [-0.3, -0.25) is 9.59 Å². The van der Waals surface area contributed by atoms with Gasteiger partial charge in [-0.05, 0) is 82.0 Å². The summed E-state index contributed by atoms with van der Waals surface area (Å²) in [5.74, 6) is 0.282. The standard InChI is InChI=1S/C24H31BrN2O3/c1-15(2)26-24(29)19(6)27(13-20-7-9-21(25)10-8-20)23(28)14-30-22-12-16(3)11-17(4)18(22)5/h7-12,15,19H,13-14H2,1-6H3,(H,26,29). The van der Waals surface area contributed by atoms with E-state index in [2.05, 4.69) is 27.3 Å². The summed E-state index contributed by atoms with van der Waals surface area (Å²) in [6.45, 7) is 11.8. The average molecular weight is 475 g/mol. The Bertz CT molecular complexity index is 894. The van der Waals surface area contributed by atoms with Gasteiger partial charge in [0.05, 0.1) is 0 Å². The number of carbonyl (C=O) groups excluding carboxylic acids is 2. The van der Waals surface area contributed by atoms with Crippen LogP contribution in [0.2, 0.25) is 0 Å². The van der Waals surface area contributed by atoms with E-state index in [9.17, 15) is 9.59 Å². The number of carbonyl (C=O) groups is 2. The van der Waals surface area contributed by atoms with Gasteiger partial charge >= 0.3 is 0 Å². The van der Waals surface area contributed by atoms with E-state index in [1.54, 1.807) is 11.8 Å². The Balaban J connectivity index is 2.20. The minimum atomic E-state index is -0.618.